The molecule has 2 aromatic rings. The summed E-state index contributed by atoms with van der Waals surface area (Å²) in [6.07, 6.45) is 10.6. The first-order valence-electron chi connectivity index (χ1n) is 8.87. The molecule has 1 aliphatic carbocycles. The van der Waals surface area contributed by atoms with Crippen molar-refractivity contribution < 1.29 is 0 Å². The van der Waals surface area contributed by atoms with Gasteiger partial charge < -0.3 is 10.6 Å². The highest BCUT2D eigenvalue weighted by atomic mass is 35.5. The molecule has 1 aromatic carbocycles. The fraction of sp³-hybridized carbons (Fsp3) is 0.474. The molecule has 0 amide bonds. The molecule has 1 heterocycles. The number of hydrogen-bond acceptors (Lipinski definition) is 4. The van der Waals surface area contributed by atoms with E-state index >= 15 is 0 Å². The molecule has 24 heavy (non-hydrogen) atoms. The lowest BCUT2D eigenvalue weighted by molar-refractivity contribution is 0.617. The zero-order valence-corrected chi connectivity index (χ0v) is 14.7. The lowest BCUT2D eigenvalue weighted by Crippen LogP contribution is -2.19. The molecule has 0 bridgehead atoms. The van der Waals surface area contributed by atoms with Gasteiger partial charge in [0.2, 0.25) is 5.95 Å². The molecule has 0 spiro atoms. The number of halogens is 1. The highest BCUT2D eigenvalue weighted by Crippen LogP contribution is 2.20. The predicted octanol–water partition coefficient (Wildman–Crippen LogP) is 4.92. The molecule has 1 saturated carbocycles. The molecule has 4 nitrogen and oxygen atoms in total. The van der Waals surface area contributed by atoms with Crippen molar-refractivity contribution in [1.82, 2.24) is 9.97 Å². The molecule has 0 radical (unpaired) electrons. The third-order valence-corrected chi connectivity index (χ3v) is 4.72. The third-order valence-electron chi connectivity index (χ3n) is 4.47. The summed E-state index contributed by atoms with van der Waals surface area (Å²) in [5, 5.41) is 7.64. The number of aromatic nitrogens is 2. The second-order valence-electron chi connectivity index (χ2n) is 6.40. The molecular weight excluding hydrogens is 320 g/mol. The van der Waals surface area contributed by atoms with Crippen LogP contribution in [-0.4, -0.2) is 22.6 Å². The van der Waals surface area contributed by atoms with Crippen LogP contribution in [0.15, 0.2) is 36.5 Å². The smallest absolute Gasteiger partial charge is 0.224 e. The summed E-state index contributed by atoms with van der Waals surface area (Å²) in [6.45, 7) is 0.800. The molecule has 2 N–H and O–H groups in total. The van der Waals surface area contributed by atoms with E-state index in [1.165, 1.54) is 44.1 Å². The van der Waals surface area contributed by atoms with E-state index < -0.39 is 0 Å². The number of rotatable bonds is 6. The van der Waals surface area contributed by atoms with Crippen LogP contribution in [0.4, 0.5) is 11.8 Å². The summed E-state index contributed by atoms with van der Waals surface area (Å²) >= 11 is 5.91. The number of nitrogens with zero attached hydrogens (tertiary/aromatic N) is 2. The van der Waals surface area contributed by atoms with Gasteiger partial charge in [0.15, 0.2) is 0 Å². The summed E-state index contributed by atoms with van der Waals surface area (Å²) in [5.41, 5.74) is 1.25. The topological polar surface area (TPSA) is 49.8 Å². The second kappa shape index (κ2) is 8.88. The summed E-state index contributed by atoms with van der Waals surface area (Å²) in [6, 6.07) is 10.4. The van der Waals surface area contributed by atoms with E-state index in [4.69, 9.17) is 11.6 Å². The zero-order valence-electron chi connectivity index (χ0n) is 14.0. The van der Waals surface area contributed by atoms with E-state index in [1.807, 2.05) is 24.4 Å². The fourth-order valence-corrected chi connectivity index (χ4v) is 3.25. The molecule has 0 unspecified atom stereocenters. The van der Waals surface area contributed by atoms with E-state index in [0.29, 0.717) is 12.0 Å². The first-order chi connectivity index (χ1) is 11.8. The first kappa shape index (κ1) is 17.0. The van der Waals surface area contributed by atoms with Gasteiger partial charge in [0.1, 0.15) is 5.82 Å². The van der Waals surface area contributed by atoms with Gasteiger partial charge in [0.05, 0.1) is 0 Å². The quantitative estimate of drug-likeness (QED) is 0.730. The monoisotopic (exact) mass is 344 g/mol. The average molecular weight is 345 g/mol. The molecular formula is C19H25ClN4. The molecule has 3 rings (SSSR count). The summed E-state index contributed by atoms with van der Waals surface area (Å²) in [7, 11) is 0. The molecule has 128 valence electrons. The van der Waals surface area contributed by atoms with Crippen molar-refractivity contribution in [2.45, 2.75) is 51.0 Å². The van der Waals surface area contributed by atoms with Crippen LogP contribution in [0.5, 0.6) is 0 Å². The minimum Gasteiger partial charge on any atom is -0.367 e. The van der Waals surface area contributed by atoms with Gasteiger partial charge in [-0.15, -0.1) is 0 Å². The predicted molar refractivity (Wildman–Crippen MR) is 101 cm³/mol. The van der Waals surface area contributed by atoms with Gasteiger partial charge in [-0.1, -0.05) is 49.4 Å². The number of anilines is 2. The molecule has 1 fully saturated rings. The Bertz CT molecular complexity index is 622. The lowest BCUT2D eigenvalue weighted by Gasteiger charge is -2.17. The Labute approximate surface area is 149 Å². The van der Waals surface area contributed by atoms with Gasteiger partial charge in [-0.25, -0.2) is 4.98 Å². The van der Waals surface area contributed by atoms with Crippen LogP contribution < -0.4 is 10.6 Å². The molecule has 0 atom stereocenters. The van der Waals surface area contributed by atoms with Gasteiger partial charge in [0.25, 0.3) is 0 Å². The van der Waals surface area contributed by atoms with Crippen LogP contribution in [-0.2, 0) is 6.42 Å². The van der Waals surface area contributed by atoms with E-state index in [1.54, 1.807) is 0 Å². The van der Waals surface area contributed by atoms with Crippen molar-refractivity contribution in [3.63, 3.8) is 0 Å². The van der Waals surface area contributed by atoms with Crippen LogP contribution in [0.2, 0.25) is 5.02 Å². The van der Waals surface area contributed by atoms with Gasteiger partial charge in [-0.2, -0.15) is 4.98 Å². The lowest BCUT2D eigenvalue weighted by atomic mass is 10.1. The number of nitrogens with one attached hydrogen (secondary N) is 2. The van der Waals surface area contributed by atoms with Gasteiger partial charge in [-0.3, -0.25) is 0 Å². The van der Waals surface area contributed by atoms with E-state index in [9.17, 15) is 0 Å². The van der Waals surface area contributed by atoms with Gasteiger partial charge in [-0.05, 0) is 43.0 Å². The van der Waals surface area contributed by atoms with Crippen LogP contribution >= 0.6 is 11.6 Å². The van der Waals surface area contributed by atoms with Crippen LogP contribution in [0, 0.1) is 0 Å². The molecule has 0 saturated heterocycles. The summed E-state index contributed by atoms with van der Waals surface area (Å²) < 4.78 is 0. The van der Waals surface area contributed by atoms with Crippen molar-refractivity contribution in [2.75, 3.05) is 17.2 Å². The van der Waals surface area contributed by atoms with Gasteiger partial charge >= 0.3 is 0 Å². The average Bonchev–Trinajstić information content (AvgIpc) is 2.86. The highest BCUT2D eigenvalue weighted by molar-refractivity contribution is 6.30. The Morgan fingerprint density at radius 2 is 1.75 bits per heavy atom. The number of hydrogen-bond donors (Lipinski definition) is 2. The minimum absolute atomic E-state index is 0.546. The third kappa shape index (κ3) is 5.38. The van der Waals surface area contributed by atoms with Crippen LogP contribution in [0.1, 0.15) is 44.1 Å². The van der Waals surface area contributed by atoms with Crippen LogP contribution in [0.25, 0.3) is 0 Å². The van der Waals surface area contributed by atoms with Crippen molar-refractivity contribution in [2.24, 2.45) is 0 Å². The maximum Gasteiger partial charge on any atom is 0.224 e. The maximum absolute atomic E-state index is 5.91. The van der Waals surface area contributed by atoms with Crippen LogP contribution in [0.3, 0.4) is 0 Å². The summed E-state index contributed by atoms with van der Waals surface area (Å²) in [4.78, 5) is 8.90. The fourth-order valence-electron chi connectivity index (χ4n) is 3.13. The zero-order chi connectivity index (χ0) is 16.6. The van der Waals surface area contributed by atoms with Crippen molar-refractivity contribution in [3.05, 3.63) is 47.1 Å². The second-order valence-corrected chi connectivity index (χ2v) is 6.84. The Kier molecular flexibility index (Phi) is 6.30. The normalized spacial score (nSPS) is 15.7. The van der Waals surface area contributed by atoms with E-state index in [2.05, 4.69) is 32.7 Å². The molecule has 1 aliphatic rings. The Morgan fingerprint density at radius 1 is 1.00 bits per heavy atom. The SMILES string of the molecule is Clc1ccc(CCNc2nccc(NC3CCCCCC3)n2)cc1. The van der Waals surface area contributed by atoms with Crippen molar-refractivity contribution in [3.8, 4) is 0 Å². The molecule has 0 aliphatic heterocycles. The molecule has 5 heteroatoms. The van der Waals surface area contributed by atoms with Gasteiger partial charge in [0, 0.05) is 23.8 Å². The first-order valence-corrected chi connectivity index (χ1v) is 9.25. The highest BCUT2D eigenvalue weighted by Gasteiger charge is 2.12. The molecule has 1 aromatic heterocycles. The summed E-state index contributed by atoms with van der Waals surface area (Å²) in [5.74, 6) is 1.61. The standard InChI is InChI=1S/C19H25ClN4/c20-16-9-7-15(8-10-16)11-13-21-19-22-14-12-18(24-19)23-17-5-3-1-2-4-6-17/h7-10,12,14,17H,1-6,11,13H2,(H2,21,22,23,24). The van der Waals surface area contributed by atoms with Crippen molar-refractivity contribution in [1.29, 1.82) is 0 Å². The van der Waals surface area contributed by atoms with E-state index in [0.717, 1.165) is 23.8 Å². The maximum atomic E-state index is 5.91. The Morgan fingerprint density at radius 3 is 2.50 bits per heavy atom. The van der Waals surface area contributed by atoms with Crippen molar-refractivity contribution >= 4 is 23.4 Å². The number of benzene rings is 1. The van der Waals surface area contributed by atoms with E-state index in [-0.39, 0.29) is 0 Å². The Hall–Kier alpha value is -1.81. The largest absolute Gasteiger partial charge is 0.367 e. The Balaban J connectivity index is 1.50. The minimum atomic E-state index is 0.546.